The number of sulfonamides is 1. The molecule has 1 aliphatic heterocycles. The third kappa shape index (κ3) is 4.55. The third-order valence-electron chi connectivity index (χ3n) is 4.91. The van der Waals surface area contributed by atoms with Crippen molar-refractivity contribution >= 4 is 16.0 Å². The van der Waals surface area contributed by atoms with E-state index in [1.165, 1.54) is 10.5 Å². The van der Waals surface area contributed by atoms with Crippen LogP contribution in [-0.4, -0.2) is 66.3 Å². The number of H-pyrrole nitrogens is 1. The monoisotopic (exact) mass is 420 g/mol. The van der Waals surface area contributed by atoms with Crippen molar-refractivity contribution in [1.29, 1.82) is 0 Å². The van der Waals surface area contributed by atoms with Crippen LogP contribution in [0.4, 0.5) is 0 Å². The third-order valence-corrected chi connectivity index (χ3v) is 6.82. The number of nitrogens with one attached hydrogen (secondary N) is 1. The standard InChI is InChI=1S/C19H24N4O5S/c1-3-28-19(25)16-13-20-17(21-18(16)24)14(2)22-9-11-23(12-10-22)29(26,27)15-7-5-4-6-8-15/h4-8,13-14H,3,9-12H2,1-2H3,(H,20,21,24). The number of aromatic nitrogens is 2. The van der Waals surface area contributed by atoms with Crippen LogP contribution in [0.25, 0.3) is 0 Å². The summed E-state index contributed by atoms with van der Waals surface area (Å²) in [6, 6.07) is 8.12. The molecule has 1 N–H and O–H groups in total. The fourth-order valence-electron chi connectivity index (χ4n) is 3.22. The Kier molecular flexibility index (Phi) is 6.46. The van der Waals surface area contributed by atoms with Gasteiger partial charge in [0.2, 0.25) is 10.0 Å². The summed E-state index contributed by atoms with van der Waals surface area (Å²) in [4.78, 5) is 33.1. The second-order valence-corrected chi connectivity index (χ2v) is 8.60. The highest BCUT2D eigenvalue weighted by Crippen LogP contribution is 2.22. The van der Waals surface area contributed by atoms with Crippen LogP contribution in [0.5, 0.6) is 0 Å². The van der Waals surface area contributed by atoms with Crippen LogP contribution in [0.2, 0.25) is 0 Å². The molecule has 0 saturated carbocycles. The summed E-state index contributed by atoms with van der Waals surface area (Å²) in [5.41, 5.74) is -0.688. The van der Waals surface area contributed by atoms with Crippen LogP contribution < -0.4 is 5.56 Å². The molecule has 29 heavy (non-hydrogen) atoms. The highest BCUT2D eigenvalue weighted by atomic mass is 32.2. The van der Waals surface area contributed by atoms with Gasteiger partial charge in [-0.05, 0) is 26.0 Å². The number of nitrogens with zero attached hydrogens (tertiary/aromatic N) is 3. The molecule has 1 unspecified atom stereocenters. The highest BCUT2D eigenvalue weighted by Gasteiger charge is 2.31. The van der Waals surface area contributed by atoms with Gasteiger partial charge in [-0.25, -0.2) is 18.2 Å². The molecule has 10 heteroatoms. The molecule has 156 valence electrons. The lowest BCUT2D eigenvalue weighted by molar-refractivity contribution is 0.0523. The number of carbonyl (C=O) groups is 1. The largest absolute Gasteiger partial charge is 0.462 e. The Morgan fingerprint density at radius 1 is 1.21 bits per heavy atom. The fourth-order valence-corrected chi connectivity index (χ4v) is 4.66. The van der Waals surface area contributed by atoms with E-state index in [4.69, 9.17) is 4.74 Å². The number of piperazine rings is 1. The molecule has 1 saturated heterocycles. The van der Waals surface area contributed by atoms with Crippen molar-refractivity contribution in [2.75, 3.05) is 32.8 Å². The topological polar surface area (TPSA) is 113 Å². The molecule has 0 spiro atoms. The van der Waals surface area contributed by atoms with Crippen LogP contribution in [0, 0.1) is 0 Å². The summed E-state index contributed by atoms with van der Waals surface area (Å²) in [6.45, 7) is 5.39. The fraction of sp³-hybridized carbons (Fsp3) is 0.421. The summed E-state index contributed by atoms with van der Waals surface area (Å²) in [6.07, 6.45) is 1.22. The van der Waals surface area contributed by atoms with Gasteiger partial charge in [-0.2, -0.15) is 4.31 Å². The summed E-state index contributed by atoms with van der Waals surface area (Å²) in [7, 11) is -3.52. The second kappa shape index (κ2) is 8.85. The number of hydrogen-bond donors (Lipinski definition) is 1. The number of rotatable bonds is 6. The predicted molar refractivity (Wildman–Crippen MR) is 106 cm³/mol. The molecule has 3 rings (SSSR count). The minimum Gasteiger partial charge on any atom is -0.462 e. The van der Waals surface area contributed by atoms with Gasteiger partial charge in [0, 0.05) is 32.4 Å². The van der Waals surface area contributed by atoms with Gasteiger partial charge >= 0.3 is 5.97 Å². The van der Waals surface area contributed by atoms with E-state index in [1.54, 1.807) is 37.3 Å². The Morgan fingerprint density at radius 2 is 1.86 bits per heavy atom. The van der Waals surface area contributed by atoms with Gasteiger partial charge in [-0.3, -0.25) is 9.69 Å². The number of benzene rings is 1. The van der Waals surface area contributed by atoms with E-state index in [1.807, 2.05) is 11.8 Å². The number of ether oxygens (including phenoxy) is 1. The molecule has 1 aliphatic rings. The first kappa shape index (κ1) is 21.2. The zero-order valence-corrected chi connectivity index (χ0v) is 17.2. The van der Waals surface area contributed by atoms with E-state index < -0.39 is 21.6 Å². The molecule has 1 atom stereocenters. The van der Waals surface area contributed by atoms with Gasteiger partial charge in [0.1, 0.15) is 11.4 Å². The zero-order chi connectivity index (χ0) is 21.0. The number of esters is 1. The molecule has 2 heterocycles. The molecule has 0 amide bonds. The maximum Gasteiger partial charge on any atom is 0.345 e. The van der Waals surface area contributed by atoms with E-state index in [0.29, 0.717) is 32.0 Å². The summed E-state index contributed by atoms with van der Waals surface area (Å²) in [5, 5.41) is 0. The first-order chi connectivity index (χ1) is 13.8. The Morgan fingerprint density at radius 3 is 2.45 bits per heavy atom. The number of hydrogen-bond acceptors (Lipinski definition) is 7. The quantitative estimate of drug-likeness (QED) is 0.694. The molecule has 0 radical (unpaired) electrons. The molecule has 1 fully saturated rings. The molecular weight excluding hydrogens is 396 g/mol. The second-order valence-electron chi connectivity index (χ2n) is 6.66. The lowest BCUT2D eigenvalue weighted by atomic mass is 10.2. The number of carbonyl (C=O) groups excluding carboxylic acids is 1. The van der Waals surface area contributed by atoms with Crippen molar-refractivity contribution in [3.8, 4) is 0 Å². The van der Waals surface area contributed by atoms with Gasteiger partial charge in [0.15, 0.2) is 0 Å². The van der Waals surface area contributed by atoms with E-state index in [9.17, 15) is 18.0 Å². The average molecular weight is 420 g/mol. The smallest absolute Gasteiger partial charge is 0.345 e. The van der Waals surface area contributed by atoms with E-state index >= 15 is 0 Å². The van der Waals surface area contributed by atoms with Gasteiger partial charge < -0.3 is 9.72 Å². The molecule has 0 bridgehead atoms. The van der Waals surface area contributed by atoms with Crippen LogP contribution >= 0.6 is 0 Å². The van der Waals surface area contributed by atoms with Gasteiger partial charge in [-0.15, -0.1) is 0 Å². The summed E-state index contributed by atoms with van der Waals surface area (Å²) < 4.78 is 31.8. The van der Waals surface area contributed by atoms with Crippen LogP contribution in [0.3, 0.4) is 0 Å². The van der Waals surface area contributed by atoms with Crippen LogP contribution in [0.1, 0.15) is 36.1 Å². The highest BCUT2D eigenvalue weighted by molar-refractivity contribution is 7.89. The Bertz CT molecular complexity index is 1010. The van der Waals surface area contributed by atoms with E-state index in [0.717, 1.165) is 0 Å². The van der Waals surface area contributed by atoms with Gasteiger partial charge in [0.05, 0.1) is 17.5 Å². The van der Waals surface area contributed by atoms with Crippen molar-refractivity contribution < 1.29 is 17.9 Å². The van der Waals surface area contributed by atoms with Gasteiger partial charge in [-0.1, -0.05) is 18.2 Å². The van der Waals surface area contributed by atoms with Crippen LogP contribution in [-0.2, 0) is 14.8 Å². The molecule has 9 nitrogen and oxygen atoms in total. The molecule has 1 aromatic carbocycles. The SMILES string of the molecule is CCOC(=O)c1cnc(C(C)N2CCN(S(=O)(=O)c3ccccc3)CC2)[nH]c1=O. The Labute approximate surface area is 169 Å². The minimum atomic E-state index is -3.52. The molecule has 2 aromatic rings. The number of aromatic amines is 1. The predicted octanol–water partition coefficient (Wildman–Crippen LogP) is 1.01. The van der Waals surface area contributed by atoms with Crippen molar-refractivity contribution in [1.82, 2.24) is 19.2 Å². The maximum absolute atomic E-state index is 12.7. The van der Waals surface area contributed by atoms with Crippen molar-refractivity contribution in [3.63, 3.8) is 0 Å². The normalized spacial score (nSPS) is 17.0. The van der Waals surface area contributed by atoms with Crippen LogP contribution in [0.15, 0.2) is 46.2 Å². The van der Waals surface area contributed by atoms with E-state index in [2.05, 4.69) is 9.97 Å². The first-order valence-corrected chi connectivity index (χ1v) is 10.8. The van der Waals surface area contributed by atoms with Crippen molar-refractivity contribution in [2.45, 2.75) is 24.8 Å². The zero-order valence-electron chi connectivity index (χ0n) is 16.4. The molecule has 1 aromatic heterocycles. The van der Waals surface area contributed by atoms with Crippen molar-refractivity contribution in [3.05, 3.63) is 58.3 Å². The Hall–Kier alpha value is -2.56. The summed E-state index contributed by atoms with van der Waals surface area (Å²) in [5.74, 6) is -0.289. The summed E-state index contributed by atoms with van der Waals surface area (Å²) >= 11 is 0. The molecular formula is C19H24N4O5S. The Balaban J connectivity index is 1.67. The minimum absolute atomic E-state index is 0.137. The molecule has 0 aliphatic carbocycles. The van der Waals surface area contributed by atoms with Gasteiger partial charge in [0.25, 0.3) is 5.56 Å². The lowest BCUT2D eigenvalue weighted by Crippen LogP contribution is -2.49. The first-order valence-electron chi connectivity index (χ1n) is 9.40. The average Bonchev–Trinajstić information content (AvgIpc) is 2.74. The maximum atomic E-state index is 12.7. The van der Waals surface area contributed by atoms with E-state index in [-0.39, 0.29) is 23.1 Å². The lowest BCUT2D eigenvalue weighted by Gasteiger charge is -2.36. The van der Waals surface area contributed by atoms with Crippen molar-refractivity contribution in [2.24, 2.45) is 0 Å².